The van der Waals surface area contributed by atoms with Gasteiger partial charge in [0, 0.05) is 60.7 Å². The molecule has 4 aliphatic rings. The van der Waals surface area contributed by atoms with Crippen LogP contribution in [0.15, 0.2) is 97.1 Å². The van der Waals surface area contributed by atoms with Gasteiger partial charge in [-0.3, -0.25) is 19.2 Å². The zero-order valence-corrected chi connectivity index (χ0v) is 37.4. The monoisotopic (exact) mass is 918 g/mol. The summed E-state index contributed by atoms with van der Waals surface area (Å²) < 4.78 is 10.5. The Balaban J connectivity index is 0.000000240. The summed E-state index contributed by atoms with van der Waals surface area (Å²) in [5.41, 5.74) is 4.52. The number of benzene rings is 4. The molecule has 8 rings (SSSR count). The smallest absolute Gasteiger partial charge is 0.225 e. The summed E-state index contributed by atoms with van der Waals surface area (Å²) in [5.74, 6) is 4.07. The molecule has 2 saturated carbocycles. The number of amides is 1. The summed E-state index contributed by atoms with van der Waals surface area (Å²) in [4.78, 5) is 50.1. The van der Waals surface area contributed by atoms with Crippen LogP contribution in [0.3, 0.4) is 0 Å². The fourth-order valence-corrected chi connectivity index (χ4v) is 8.91. The van der Waals surface area contributed by atoms with E-state index in [0.29, 0.717) is 54.1 Å². The van der Waals surface area contributed by atoms with E-state index < -0.39 is 0 Å². The van der Waals surface area contributed by atoms with E-state index in [1.54, 1.807) is 14.2 Å². The Morgan fingerprint density at radius 1 is 0.603 bits per heavy atom. The lowest BCUT2D eigenvalue weighted by Crippen LogP contribution is -2.44. The third-order valence-electron chi connectivity index (χ3n) is 12.2. The number of piperidine rings is 2. The summed E-state index contributed by atoms with van der Waals surface area (Å²) in [6, 6.07) is 31.4. The Kier molecular flexibility index (Phi) is 20.7. The number of ether oxygens (including phenoxy) is 2. The number of rotatable bonds is 14. The van der Waals surface area contributed by atoms with Crippen molar-refractivity contribution in [2.45, 2.75) is 90.9 Å². The second-order valence-corrected chi connectivity index (χ2v) is 18.0. The van der Waals surface area contributed by atoms with E-state index in [2.05, 4.69) is 29.6 Å². The summed E-state index contributed by atoms with van der Waals surface area (Å²) in [5, 5.41) is 4.66. The molecule has 8 nitrogen and oxygen atoms in total. The molecule has 0 radical (unpaired) electrons. The Morgan fingerprint density at radius 3 is 1.46 bits per heavy atom. The molecular formula is C52H65Cl3N2O6. The van der Waals surface area contributed by atoms with Crippen molar-refractivity contribution in [2.24, 2.45) is 23.7 Å². The van der Waals surface area contributed by atoms with Gasteiger partial charge in [-0.15, -0.1) is 0 Å². The van der Waals surface area contributed by atoms with Crippen molar-refractivity contribution in [3.8, 4) is 11.5 Å². The molecule has 0 aromatic heterocycles. The normalized spacial score (nSPS) is 20.2. The van der Waals surface area contributed by atoms with E-state index in [4.69, 9.17) is 44.3 Å². The predicted molar refractivity (Wildman–Crippen MR) is 256 cm³/mol. The van der Waals surface area contributed by atoms with Crippen molar-refractivity contribution < 1.29 is 28.7 Å². The van der Waals surface area contributed by atoms with Crippen LogP contribution >= 0.6 is 34.8 Å². The average Bonchev–Trinajstić information content (AvgIpc) is 4.21. The van der Waals surface area contributed by atoms with Gasteiger partial charge in [-0.25, -0.2) is 0 Å². The standard InChI is InChI=1S/C25H28ClNO3.C21H24ClNO2.C4H5ClO.2CH4/c1-30-23-10-6-18(7-11-23)24-12-13-27(25(29)19-4-5-19)16-20(24)15-22(28)14-17-2-8-21(26)9-3-17;1-25-20-8-4-16(5-9-20)21-10-11-23-14-17(21)13-19(24)12-15-2-6-18(22)7-3-15;5-4(6)3-1-2-3;;/h2-3,6-11,19-20,24H,4-5,12-16H2,1H3;2-9,17,21,23H,10-14H2,1H3;3H,1-2H2;2*1H4/t20-,24?;17-,21?;;;/m11.../s1. The molecule has 1 N–H and O–H groups in total. The predicted octanol–water partition coefficient (Wildman–Crippen LogP) is 11.6. The van der Waals surface area contributed by atoms with E-state index in [1.165, 1.54) is 11.1 Å². The summed E-state index contributed by atoms with van der Waals surface area (Å²) in [6.07, 6.45) is 7.97. The minimum atomic E-state index is -0.157. The van der Waals surface area contributed by atoms with Crippen LogP contribution in [0, 0.1) is 23.7 Å². The molecule has 2 unspecified atom stereocenters. The van der Waals surface area contributed by atoms with Gasteiger partial charge in [0.15, 0.2) is 0 Å². The van der Waals surface area contributed by atoms with Crippen LogP contribution in [-0.4, -0.2) is 68.0 Å². The lowest BCUT2D eigenvalue weighted by molar-refractivity contribution is -0.135. The fourth-order valence-electron chi connectivity index (χ4n) is 8.44. The lowest BCUT2D eigenvalue weighted by Gasteiger charge is -2.39. The highest BCUT2D eigenvalue weighted by Crippen LogP contribution is 2.39. The van der Waals surface area contributed by atoms with E-state index in [9.17, 15) is 19.2 Å². The lowest BCUT2D eigenvalue weighted by atomic mass is 9.77. The number of Topliss-reactive ketones (excluding diaryl/α,β-unsaturated/α-hetero) is 2. The number of carbonyl (C=O) groups is 4. The molecule has 0 spiro atoms. The summed E-state index contributed by atoms with van der Waals surface area (Å²) in [6.45, 7) is 3.33. The van der Waals surface area contributed by atoms with E-state index in [1.807, 2.05) is 77.7 Å². The molecule has 1 amide bonds. The van der Waals surface area contributed by atoms with Crippen LogP contribution in [0.1, 0.15) is 100 Å². The molecule has 4 fully saturated rings. The average molecular weight is 920 g/mol. The van der Waals surface area contributed by atoms with Crippen molar-refractivity contribution in [1.82, 2.24) is 10.2 Å². The molecule has 4 aromatic carbocycles. The zero-order chi connectivity index (χ0) is 43.3. The second-order valence-electron chi connectivity index (χ2n) is 16.8. The van der Waals surface area contributed by atoms with Gasteiger partial charge in [0.1, 0.15) is 23.1 Å². The van der Waals surface area contributed by atoms with Gasteiger partial charge in [-0.05, 0) is 158 Å². The zero-order valence-electron chi connectivity index (χ0n) is 35.1. The first-order valence-corrected chi connectivity index (χ1v) is 22.6. The van der Waals surface area contributed by atoms with Crippen molar-refractivity contribution in [1.29, 1.82) is 0 Å². The van der Waals surface area contributed by atoms with Crippen LogP contribution in [0.25, 0.3) is 0 Å². The number of methoxy groups -OCH3 is 2. The quantitative estimate of drug-likeness (QED) is 0.126. The molecule has 11 heteroatoms. The maximum Gasteiger partial charge on any atom is 0.225 e. The first kappa shape index (κ1) is 51.4. The Hall–Kier alpha value is -4.21. The number of halogens is 3. The van der Waals surface area contributed by atoms with Crippen molar-refractivity contribution in [3.63, 3.8) is 0 Å². The summed E-state index contributed by atoms with van der Waals surface area (Å²) in [7, 11) is 3.34. The number of hydrogen-bond acceptors (Lipinski definition) is 7. The van der Waals surface area contributed by atoms with Crippen LogP contribution in [-0.2, 0) is 32.0 Å². The second kappa shape index (κ2) is 25.3. The van der Waals surface area contributed by atoms with Crippen molar-refractivity contribution in [2.75, 3.05) is 40.4 Å². The minimum Gasteiger partial charge on any atom is -0.497 e. The number of nitrogens with one attached hydrogen (secondary N) is 1. The maximum absolute atomic E-state index is 12.9. The molecule has 2 aliphatic carbocycles. The third kappa shape index (κ3) is 16.1. The van der Waals surface area contributed by atoms with Crippen LogP contribution < -0.4 is 14.8 Å². The van der Waals surface area contributed by atoms with Gasteiger partial charge in [-0.2, -0.15) is 0 Å². The van der Waals surface area contributed by atoms with Crippen LogP contribution in [0.4, 0.5) is 0 Å². The van der Waals surface area contributed by atoms with Gasteiger partial charge < -0.3 is 19.7 Å². The molecule has 4 aromatic rings. The van der Waals surface area contributed by atoms with Crippen molar-refractivity contribution >= 4 is 57.5 Å². The Labute approximate surface area is 390 Å². The minimum absolute atomic E-state index is 0. The molecule has 2 saturated heterocycles. The number of carbonyl (C=O) groups excluding carboxylic acids is 4. The SMILES string of the molecule is C.C.COc1ccc(C2CCN(C(=O)C3CC3)C[C@H]2CC(=O)Cc2ccc(Cl)cc2)cc1.COc1ccc(C2CCNC[C@H]2CC(=O)Cc2ccc(Cl)cc2)cc1.O=C(Cl)C1CC1. The first-order chi connectivity index (χ1) is 29.5. The number of ketones is 2. The van der Waals surface area contributed by atoms with E-state index in [-0.39, 0.29) is 61.2 Å². The highest BCUT2D eigenvalue weighted by Gasteiger charge is 2.39. The molecular weight excluding hydrogens is 855 g/mol. The largest absolute Gasteiger partial charge is 0.497 e. The van der Waals surface area contributed by atoms with Gasteiger partial charge in [0.2, 0.25) is 11.1 Å². The van der Waals surface area contributed by atoms with Crippen LogP contribution in [0.2, 0.25) is 10.0 Å². The first-order valence-electron chi connectivity index (χ1n) is 21.5. The molecule has 2 aliphatic heterocycles. The van der Waals surface area contributed by atoms with E-state index >= 15 is 0 Å². The summed E-state index contributed by atoms with van der Waals surface area (Å²) >= 11 is 16.9. The van der Waals surface area contributed by atoms with Gasteiger partial charge >= 0.3 is 0 Å². The molecule has 0 bridgehead atoms. The van der Waals surface area contributed by atoms with E-state index in [0.717, 1.165) is 80.8 Å². The molecule has 2 heterocycles. The molecule has 4 atom stereocenters. The Bertz CT molecular complexity index is 2050. The number of hydrogen-bond donors (Lipinski definition) is 1. The molecule has 340 valence electrons. The molecule has 63 heavy (non-hydrogen) atoms. The van der Waals surface area contributed by atoms with Gasteiger partial charge in [0.25, 0.3) is 0 Å². The van der Waals surface area contributed by atoms with Crippen molar-refractivity contribution in [3.05, 3.63) is 129 Å². The fraction of sp³-hybridized carbons (Fsp3) is 0.462. The number of likely N-dealkylation sites (tertiary alicyclic amines) is 1. The Morgan fingerprint density at radius 2 is 1.05 bits per heavy atom. The van der Waals surface area contributed by atoms with Gasteiger partial charge in [-0.1, -0.05) is 86.6 Å². The number of nitrogens with zero attached hydrogens (tertiary/aromatic N) is 1. The maximum atomic E-state index is 12.9. The topological polar surface area (TPSA) is 102 Å². The highest BCUT2D eigenvalue weighted by atomic mass is 35.5. The third-order valence-corrected chi connectivity index (χ3v) is 13.0. The van der Waals surface area contributed by atoms with Gasteiger partial charge in [0.05, 0.1) is 14.2 Å². The highest BCUT2D eigenvalue weighted by molar-refractivity contribution is 6.64. The van der Waals surface area contributed by atoms with Crippen LogP contribution in [0.5, 0.6) is 11.5 Å².